The quantitative estimate of drug-likeness (QED) is 0.184. The van der Waals surface area contributed by atoms with Crippen molar-refractivity contribution in [2.24, 2.45) is 23.7 Å². The number of rotatable bonds is 4. The molecule has 3 nitrogen and oxygen atoms in total. The van der Waals surface area contributed by atoms with Crippen molar-refractivity contribution in [2.45, 2.75) is 37.5 Å². The van der Waals surface area contributed by atoms with E-state index in [1.165, 1.54) is 69.0 Å². The number of nitrogens with zero attached hydrogens (tertiary/aromatic N) is 3. The highest BCUT2D eigenvalue weighted by atomic mass is 32.1. The van der Waals surface area contributed by atoms with Crippen molar-refractivity contribution < 1.29 is 0 Å². The minimum atomic E-state index is 0.0956. The monoisotopic (exact) mass is 699 g/mol. The Hall–Kier alpha value is -5.45. The summed E-state index contributed by atoms with van der Waals surface area (Å²) in [6.07, 6.45) is 6.94. The number of thiophene rings is 1. The van der Waals surface area contributed by atoms with Gasteiger partial charge in [0, 0.05) is 42.3 Å². The molecule has 5 aliphatic carbocycles. The molecular weight excluding hydrogens is 663 g/mol. The first-order chi connectivity index (χ1) is 26.2. The Kier molecular flexibility index (Phi) is 6.39. The Morgan fingerprint density at radius 2 is 1.00 bits per heavy atom. The highest BCUT2D eigenvalue weighted by Crippen LogP contribution is 2.70. The SMILES string of the molecule is c1ccc(-c2cccc(-c3nc(-c4ccccc4)nc(-c4ccc5c(c4)-c4cc6c(cc4C54C5CC7CC(C5)CC4C7)sc4ccccc46)n3)c2)cc1. The average molecular weight is 700 g/mol. The van der Waals surface area contributed by atoms with Gasteiger partial charge in [0.05, 0.1) is 0 Å². The number of benzene rings is 6. The molecule has 0 N–H and O–H groups in total. The predicted octanol–water partition coefficient (Wildman–Crippen LogP) is 12.6. The van der Waals surface area contributed by atoms with Crippen LogP contribution in [0.5, 0.6) is 0 Å². The molecule has 4 bridgehead atoms. The van der Waals surface area contributed by atoms with Crippen LogP contribution in [-0.4, -0.2) is 15.0 Å². The zero-order chi connectivity index (χ0) is 34.7. The molecule has 0 amide bonds. The molecule has 0 radical (unpaired) electrons. The van der Waals surface area contributed by atoms with E-state index in [-0.39, 0.29) is 5.41 Å². The van der Waals surface area contributed by atoms with Crippen molar-refractivity contribution in [2.75, 3.05) is 0 Å². The van der Waals surface area contributed by atoms with Crippen molar-refractivity contribution >= 4 is 31.5 Å². The van der Waals surface area contributed by atoms with Crippen molar-refractivity contribution in [1.82, 2.24) is 15.0 Å². The number of aromatic nitrogens is 3. The van der Waals surface area contributed by atoms with Crippen LogP contribution >= 0.6 is 11.3 Å². The summed E-state index contributed by atoms with van der Waals surface area (Å²) in [7, 11) is 0. The van der Waals surface area contributed by atoms with Crippen LogP contribution in [0.15, 0.2) is 140 Å². The smallest absolute Gasteiger partial charge is 0.164 e. The van der Waals surface area contributed by atoms with Gasteiger partial charge in [-0.1, -0.05) is 109 Å². The molecule has 13 rings (SSSR count). The molecule has 0 unspecified atom stereocenters. The van der Waals surface area contributed by atoms with E-state index >= 15 is 0 Å². The van der Waals surface area contributed by atoms with Gasteiger partial charge in [-0.3, -0.25) is 0 Å². The summed E-state index contributed by atoms with van der Waals surface area (Å²) in [5.74, 6) is 5.34. The van der Waals surface area contributed by atoms with Gasteiger partial charge in [0.2, 0.25) is 0 Å². The molecule has 254 valence electrons. The van der Waals surface area contributed by atoms with Gasteiger partial charge < -0.3 is 0 Å². The first-order valence-electron chi connectivity index (χ1n) is 19.3. The second-order valence-corrected chi connectivity index (χ2v) is 17.1. The summed E-state index contributed by atoms with van der Waals surface area (Å²) in [6, 6.07) is 50.8. The lowest BCUT2D eigenvalue weighted by atomic mass is 9.43. The summed E-state index contributed by atoms with van der Waals surface area (Å²) in [4.78, 5) is 15.6. The molecule has 4 fully saturated rings. The molecule has 53 heavy (non-hydrogen) atoms. The molecule has 0 saturated heterocycles. The minimum Gasteiger partial charge on any atom is -0.208 e. The maximum Gasteiger partial charge on any atom is 0.164 e. The van der Waals surface area contributed by atoms with Crippen LogP contribution in [0.1, 0.15) is 43.2 Å². The molecule has 5 aliphatic rings. The third-order valence-electron chi connectivity index (χ3n) is 13.3. The van der Waals surface area contributed by atoms with Gasteiger partial charge in [0.25, 0.3) is 0 Å². The van der Waals surface area contributed by atoms with Crippen LogP contribution in [0, 0.1) is 23.7 Å². The maximum absolute atomic E-state index is 5.25. The van der Waals surface area contributed by atoms with Gasteiger partial charge in [0.1, 0.15) is 0 Å². The number of hydrogen-bond acceptors (Lipinski definition) is 4. The first-order valence-corrected chi connectivity index (χ1v) is 20.1. The fraction of sp³-hybridized carbons (Fsp3) is 0.204. The van der Waals surface area contributed by atoms with Gasteiger partial charge in [-0.15, -0.1) is 11.3 Å². The van der Waals surface area contributed by atoms with Crippen LogP contribution in [0.4, 0.5) is 0 Å². The van der Waals surface area contributed by atoms with E-state index in [0.717, 1.165) is 39.9 Å². The number of hydrogen-bond donors (Lipinski definition) is 0. The molecule has 2 aromatic heterocycles. The molecule has 4 heteroatoms. The van der Waals surface area contributed by atoms with E-state index in [0.29, 0.717) is 23.5 Å². The molecule has 4 saturated carbocycles. The lowest BCUT2D eigenvalue weighted by Crippen LogP contribution is -2.55. The standard InChI is InChI=1S/C49H37N3S/c1-3-10-31(11-4-1)33-14-9-15-34(25-33)47-50-46(32-12-5-2-6-13-32)51-48(52-47)35-18-19-42-39(26-35)40-27-41-38-16-7-8-17-44(38)53-45(41)28-43(40)49(42)36-21-29-20-30(23-36)24-37(49)22-29/h1-19,25-30,36-37H,20-24H2. The number of fused-ring (bicyclic) bond motifs is 6. The molecule has 2 heterocycles. The third kappa shape index (κ3) is 4.42. The molecule has 0 atom stereocenters. The molecule has 6 aromatic carbocycles. The lowest BCUT2D eigenvalue weighted by molar-refractivity contribution is -0.0398. The fourth-order valence-electron chi connectivity index (χ4n) is 11.4. The van der Waals surface area contributed by atoms with Gasteiger partial charge in [0.15, 0.2) is 17.5 Å². The van der Waals surface area contributed by atoms with Crippen molar-refractivity contribution in [1.29, 1.82) is 0 Å². The topological polar surface area (TPSA) is 38.7 Å². The first kappa shape index (κ1) is 30.1. The second-order valence-electron chi connectivity index (χ2n) is 16.0. The Balaban J connectivity index is 1.07. The lowest BCUT2D eigenvalue weighted by Gasteiger charge is -2.61. The minimum absolute atomic E-state index is 0.0956. The van der Waals surface area contributed by atoms with Gasteiger partial charge in [-0.2, -0.15) is 0 Å². The highest BCUT2D eigenvalue weighted by Gasteiger charge is 2.61. The van der Waals surface area contributed by atoms with Gasteiger partial charge in [-0.05, 0) is 119 Å². The van der Waals surface area contributed by atoms with E-state index in [9.17, 15) is 0 Å². The van der Waals surface area contributed by atoms with Crippen LogP contribution in [0.3, 0.4) is 0 Å². The predicted molar refractivity (Wildman–Crippen MR) is 218 cm³/mol. The van der Waals surface area contributed by atoms with E-state index in [4.69, 9.17) is 15.0 Å². The summed E-state index contributed by atoms with van der Waals surface area (Å²) in [6.45, 7) is 0. The van der Waals surface area contributed by atoms with Gasteiger partial charge in [-0.25, -0.2) is 15.0 Å². The van der Waals surface area contributed by atoms with Crippen LogP contribution in [0.25, 0.3) is 76.6 Å². The Morgan fingerprint density at radius 1 is 0.415 bits per heavy atom. The van der Waals surface area contributed by atoms with Crippen LogP contribution < -0.4 is 0 Å². The van der Waals surface area contributed by atoms with Crippen LogP contribution in [0.2, 0.25) is 0 Å². The van der Waals surface area contributed by atoms with E-state index < -0.39 is 0 Å². The van der Waals surface area contributed by atoms with Crippen LogP contribution in [-0.2, 0) is 5.41 Å². The summed E-state index contributed by atoms with van der Waals surface area (Å²) >= 11 is 1.96. The zero-order valence-corrected chi connectivity index (χ0v) is 30.2. The Labute approximate surface area is 313 Å². The second kappa shape index (κ2) is 11.3. The fourth-order valence-corrected chi connectivity index (χ4v) is 12.5. The summed E-state index contributed by atoms with van der Waals surface area (Å²) < 4.78 is 2.81. The van der Waals surface area contributed by atoms with Crippen molar-refractivity contribution in [3.05, 3.63) is 151 Å². The third-order valence-corrected chi connectivity index (χ3v) is 14.4. The maximum atomic E-state index is 5.25. The average Bonchev–Trinajstić information content (AvgIpc) is 3.72. The molecular formula is C49H37N3S. The highest BCUT2D eigenvalue weighted by molar-refractivity contribution is 7.25. The van der Waals surface area contributed by atoms with Gasteiger partial charge >= 0.3 is 0 Å². The van der Waals surface area contributed by atoms with Crippen molar-refractivity contribution in [3.8, 4) is 56.4 Å². The Morgan fingerprint density at radius 3 is 1.74 bits per heavy atom. The molecule has 1 spiro atoms. The van der Waals surface area contributed by atoms with E-state index in [1.54, 1.807) is 11.1 Å². The largest absolute Gasteiger partial charge is 0.208 e. The van der Waals surface area contributed by atoms with E-state index in [2.05, 4.69) is 133 Å². The summed E-state index contributed by atoms with van der Waals surface area (Å²) in [5.41, 5.74) is 11.4. The normalized spacial score (nSPS) is 23.5. The van der Waals surface area contributed by atoms with Crippen molar-refractivity contribution in [3.63, 3.8) is 0 Å². The van der Waals surface area contributed by atoms with E-state index in [1.807, 2.05) is 17.4 Å². The molecule has 8 aromatic rings. The Bertz CT molecular complexity index is 2720. The summed E-state index contributed by atoms with van der Waals surface area (Å²) in [5, 5.41) is 2.75. The molecule has 0 aliphatic heterocycles. The zero-order valence-electron chi connectivity index (χ0n) is 29.4.